The van der Waals surface area contributed by atoms with Crippen molar-refractivity contribution in [1.82, 2.24) is 19.8 Å². The zero-order chi connectivity index (χ0) is 24.9. The summed E-state index contributed by atoms with van der Waals surface area (Å²) in [6.45, 7) is 0.933. The summed E-state index contributed by atoms with van der Waals surface area (Å²) in [5, 5.41) is 3.34. The Labute approximate surface area is 204 Å². The lowest BCUT2D eigenvalue weighted by molar-refractivity contribution is -0.0498. The molecule has 1 saturated heterocycles. The highest BCUT2D eigenvalue weighted by molar-refractivity contribution is 5.87. The van der Waals surface area contributed by atoms with Gasteiger partial charge in [-0.2, -0.15) is 8.78 Å². The number of nitrogens with zero attached hydrogens (tertiary/aromatic N) is 3. The number of aromatic nitrogens is 2. The van der Waals surface area contributed by atoms with Gasteiger partial charge in [0.1, 0.15) is 11.5 Å². The Morgan fingerprint density at radius 2 is 2.03 bits per heavy atom. The lowest BCUT2D eigenvalue weighted by atomic mass is 9.98. The van der Waals surface area contributed by atoms with Crippen molar-refractivity contribution in [2.24, 2.45) is 5.92 Å². The van der Waals surface area contributed by atoms with Crippen LogP contribution in [0, 0.1) is 17.8 Å². The molecule has 8 heteroatoms. The molecule has 1 aliphatic rings. The van der Waals surface area contributed by atoms with E-state index < -0.39 is 6.61 Å². The predicted molar refractivity (Wildman–Crippen MR) is 132 cm³/mol. The molecule has 6 nitrogen and oxygen atoms in total. The van der Waals surface area contributed by atoms with Gasteiger partial charge in [-0.15, -0.1) is 0 Å². The molecule has 0 spiro atoms. The number of rotatable bonds is 7. The molecule has 1 fully saturated rings. The second kappa shape index (κ2) is 11.0. The molecule has 0 saturated carbocycles. The van der Waals surface area contributed by atoms with Crippen LogP contribution in [0.1, 0.15) is 54.0 Å². The zero-order valence-electron chi connectivity index (χ0n) is 20.2. The van der Waals surface area contributed by atoms with Gasteiger partial charge in [-0.1, -0.05) is 24.8 Å². The van der Waals surface area contributed by atoms with E-state index in [1.165, 1.54) is 12.1 Å². The van der Waals surface area contributed by atoms with Gasteiger partial charge in [0.2, 0.25) is 0 Å². The maximum absolute atomic E-state index is 13.3. The number of ether oxygens (including phenoxy) is 1. The molecular formula is C27H30F2N4O2. The van der Waals surface area contributed by atoms with Crippen LogP contribution < -0.4 is 10.1 Å². The first kappa shape index (κ1) is 24.8. The molecule has 0 bridgehead atoms. The Morgan fingerprint density at radius 1 is 1.26 bits per heavy atom. The average Bonchev–Trinajstić information content (AvgIpc) is 3.21. The number of carbonyl (C=O) groups excluding carboxylic acids is 1. The number of nitrogens with one attached hydrogen (secondary N) is 1. The summed E-state index contributed by atoms with van der Waals surface area (Å²) in [5.74, 6) is 7.56. The quantitative estimate of drug-likeness (QED) is 0.389. The predicted octanol–water partition coefficient (Wildman–Crippen LogP) is 4.80. The second-order valence-electron chi connectivity index (χ2n) is 8.88. The number of hydrogen-bond acceptors (Lipinski definition) is 5. The molecule has 2 aromatic carbocycles. The van der Waals surface area contributed by atoms with Crippen LogP contribution in [-0.2, 0) is 0 Å². The van der Waals surface area contributed by atoms with Crippen LogP contribution >= 0.6 is 0 Å². The van der Waals surface area contributed by atoms with Gasteiger partial charge in [-0.05, 0) is 76.8 Å². The van der Waals surface area contributed by atoms with Gasteiger partial charge in [0.25, 0.3) is 0 Å². The van der Waals surface area contributed by atoms with Gasteiger partial charge in [0, 0.05) is 17.0 Å². The number of benzene rings is 2. The summed E-state index contributed by atoms with van der Waals surface area (Å²) in [7, 11) is 3.88. The molecule has 0 aliphatic carbocycles. The standard InChI is InChI=1S/C27H30F2N4O2/c1-4-22(32(2)3)26-31-21-11-10-19(9-8-18-12-14-30-15-13-18)16-23(21)33(26)25-20(17-34)6-5-7-24(25)35-27(28)29/h5-7,10-11,16-18,22,27,30H,4,12-15H2,1-3H3. The number of imidazole rings is 1. The molecule has 2 heterocycles. The van der Waals surface area contributed by atoms with Crippen molar-refractivity contribution in [2.75, 3.05) is 27.2 Å². The normalized spacial score (nSPS) is 15.3. The lowest BCUT2D eigenvalue weighted by Gasteiger charge is -2.25. The van der Waals surface area contributed by atoms with Crippen LogP contribution in [0.2, 0.25) is 0 Å². The number of alkyl halides is 2. The summed E-state index contributed by atoms with van der Waals surface area (Å²) >= 11 is 0. The SMILES string of the molecule is CCC(c1nc2ccc(C#CC3CCNCC3)cc2n1-c1c(C=O)cccc1OC(F)F)N(C)C. The highest BCUT2D eigenvalue weighted by Gasteiger charge is 2.26. The van der Waals surface area contributed by atoms with E-state index in [0.29, 0.717) is 29.1 Å². The van der Waals surface area contributed by atoms with Gasteiger partial charge in [0.15, 0.2) is 12.0 Å². The summed E-state index contributed by atoms with van der Waals surface area (Å²) in [4.78, 5) is 18.9. The van der Waals surface area contributed by atoms with Crippen molar-refractivity contribution in [1.29, 1.82) is 0 Å². The summed E-state index contributed by atoms with van der Waals surface area (Å²) in [5.41, 5.74) is 2.68. The minimum Gasteiger partial charge on any atom is -0.433 e. The van der Waals surface area contributed by atoms with Crippen LogP contribution in [0.5, 0.6) is 5.75 Å². The summed E-state index contributed by atoms with van der Waals surface area (Å²) in [6.07, 6.45) is 3.41. The molecule has 1 atom stereocenters. The maximum atomic E-state index is 13.3. The molecule has 1 aromatic heterocycles. The fraction of sp³-hybridized carbons (Fsp3) is 0.407. The highest BCUT2D eigenvalue weighted by atomic mass is 19.3. The molecule has 0 amide bonds. The van der Waals surface area contributed by atoms with Crippen molar-refractivity contribution >= 4 is 17.3 Å². The van der Waals surface area contributed by atoms with Crippen LogP contribution in [0.4, 0.5) is 8.78 Å². The van der Waals surface area contributed by atoms with Gasteiger partial charge in [-0.25, -0.2) is 4.98 Å². The lowest BCUT2D eigenvalue weighted by Crippen LogP contribution is -2.26. The fourth-order valence-electron chi connectivity index (χ4n) is 4.63. The van der Waals surface area contributed by atoms with Crippen LogP contribution in [0.15, 0.2) is 36.4 Å². The third-order valence-electron chi connectivity index (χ3n) is 6.35. The molecule has 1 unspecified atom stereocenters. The van der Waals surface area contributed by atoms with Gasteiger partial charge < -0.3 is 10.1 Å². The van der Waals surface area contributed by atoms with E-state index in [4.69, 9.17) is 9.72 Å². The molecule has 4 rings (SSSR count). The first-order valence-electron chi connectivity index (χ1n) is 11.9. The topological polar surface area (TPSA) is 59.4 Å². The number of hydrogen-bond donors (Lipinski definition) is 1. The van der Waals surface area contributed by atoms with E-state index >= 15 is 0 Å². The third-order valence-corrected chi connectivity index (χ3v) is 6.35. The van der Waals surface area contributed by atoms with E-state index in [1.807, 2.05) is 44.1 Å². The van der Waals surface area contributed by atoms with E-state index in [0.717, 1.165) is 37.9 Å². The largest absolute Gasteiger partial charge is 0.433 e. The zero-order valence-corrected chi connectivity index (χ0v) is 20.2. The first-order chi connectivity index (χ1) is 16.9. The molecule has 0 radical (unpaired) electrons. The number of carbonyl (C=O) groups is 1. The third kappa shape index (κ3) is 5.37. The second-order valence-corrected chi connectivity index (χ2v) is 8.88. The highest BCUT2D eigenvalue weighted by Crippen LogP contribution is 2.36. The Balaban J connectivity index is 1.95. The molecule has 1 aliphatic heterocycles. The van der Waals surface area contributed by atoms with Crippen molar-refractivity contribution in [3.8, 4) is 23.3 Å². The monoisotopic (exact) mass is 480 g/mol. The van der Waals surface area contributed by atoms with Crippen molar-refractivity contribution in [3.63, 3.8) is 0 Å². The van der Waals surface area contributed by atoms with Crippen LogP contribution in [0.3, 0.4) is 0 Å². The number of piperidine rings is 1. The van der Waals surface area contributed by atoms with Gasteiger partial charge in [-0.3, -0.25) is 14.3 Å². The Kier molecular flexibility index (Phi) is 7.79. The molecule has 35 heavy (non-hydrogen) atoms. The number of halogens is 2. The van der Waals surface area contributed by atoms with Crippen molar-refractivity contribution in [3.05, 3.63) is 53.3 Å². The van der Waals surface area contributed by atoms with Crippen LogP contribution in [-0.4, -0.2) is 54.5 Å². The smallest absolute Gasteiger partial charge is 0.387 e. The van der Waals surface area contributed by atoms with Gasteiger partial charge >= 0.3 is 6.61 Å². The Bertz CT molecular complexity index is 1250. The fourth-order valence-corrected chi connectivity index (χ4v) is 4.63. The first-order valence-corrected chi connectivity index (χ1v) is 11.9. The number of aldehydes is 1. The summed E-state index contributed by atoms with van der Waals surface area (Å²) in [6, 6.07) is 10.2. The summed E-state index contributed by atoms with van der Waals surface area (Å²) < 4.78 is 33.3. The van der Waals surface area contributed by atoms with E-state index in [1.54, 1.807) is 10.6 Å². The minimum absolute atomic E-state index is 0.0787. The molecule has 1 N–H and O–H groups in total. The molecular weight excluding hydrogens is 450 g/mol. The maximum Gasteiger partial charge on any atom is 0.387 e. The van der Waals surface area contributed by atoms with Crippen molar-refractivity contribution < 1.29 is 18.3 Å². The molecule has 3 aromatic rings. The number of para-hydroxylation sites is 1. The van der Waals surface area contributed by atoms with E-state index in [9.17, 15) is 13.6 Å². The Hall–Kier alpha value is -3.28. The van der Waals surface area contributed by atoms with E-state index in [-0.39, 0.29) is 23.0 Å². The minimum atomic E-state index is -3.03. The molecule has 184 valence electrons. The number of fused-ring (bicyclic) bond motifs is 1. The van der Waals surface area contributed by atoms with Gasteiger partial charge in [0.05, 0.1) is 17.1 Å². The van der Waals surface area contributed by atoms with E-state index in [2.05, 4.69) is 17.2 Å². The van der Waals surface area contributed by atoms with Crippen molar-refractivity contribution in [2.45, 2.75) is 38.8 Å². The van der Waals surface area contributed by atoms with Crippen LogP contribution in [0.25, 0.3) is 16.7 Å². The average molecular weight is 481 g/mol. The Morgan fingerprint density at radius 3 is 2.69 bits per heavy atom.